The summed E-state index contributed by atoms with van der Waals surface area (Å²) in [6, 6.07) is 12.1. The van der Waals surface area contributed by atoms with Gasteiger partial charge >= 0.3 is 6.09 Å². The second-order valence-electron chi connectivity index (χ2n) is 18.2. The topological polar surface area (TPSA) is 214 Å². The Labute approximate surface area is 391 Å². The van der Waals surface area contributed by atoms with Crippen LogP contribution in [0.3, 0.4) is 0 Å². The fourth-order valence-corrected chi connectivity index (χ4v) is 8.84. The average Bonchev–Trinajstić information content (AvgIpc) is 3.84. The van der Waals surface area contributed by atoms with Crippen LogP contribution < -0.4 is 40.8 Å². The van der Waals surface area contributed by atoms with E-state index in [1.165, 1.54) is 23.6 Å². The molecule has 4 aliphatic rings. The number of methoxy groups -OCH3 is 1. The van der Waals surface area contributed by atoms with Gasteiger partial charge in [-0.3, -0.25) is 19.2 Å². The van der Waals surface area contributed by atoms with E-state index in [0.717, 1.165) is 52.3 Å². The standard InChI is InChI=1S/C50H63N7O10/c1-28(2)44(45(51)58)54-46(59)32(6)52-23-33-11-13-34(14-12-33)27-67-50(63)57-39-22-43(42(64-7)20-37(39)48(61)56-26-30(4)18-40(56)49(57)62)66-16-10-8-9-15-65-41-21-38-36(19-31(41)5)47(60)55-25-29(3)17-35(55)24-53-38/h11-14,19-22,25-26,28,32,35,40,44,49,52-53,62H,8-10,15-18,23-24,27H2,1-7H3,(H2,51,58)(H,54,59)/t32?,35-,40-,44-,49-/m0/s1. The van der Waals surface area contributed by atoms with Crippen LogP contribution in [0.4, 0.5) is 16.2 Å². The van der Waals surface area contributed by atoms with Crippen molar-refractivity contribution in [3.8, 4) is 17.2 Å². The highest BCUT2D eigenvalue weighted by Gasteiger charge is 2.45. The Morgan fingerprint density at radius 2 is 1.49 bits per heavy atom. The molecule has 17 heteroatoms. The highest BCUT2D eigenvalue weighted by Crippen LogP contribution is 2.42. The number of ether oxygens (including phenoxy) is 4. The van der Waals surface area contributed by atoms with Gasteiger partial charge in [-0.15, -0.1) is 0 Å². The Balaban J connectivity index is 0.956. The summed E-state index contributed by atoms with van der Waals surface area (Å²) in [6.45, 7) is 12.8. The van der Waals surface area contributed by atoms with Crippen LogP contribution >= 0.6 is 0 Å². The van der Waals surface area contributed by atoms with E-state index in [2.05, 4.69) is 16.0 Å². The van der Waals surface area contributed by atoms with Gasteiger partial charge in [-0.05, 0) is 94.5 Å². The Hall–Kier alpha value is -6.59. The molecule has 0 spiro atoms. The number of hydrogen-bond acceptors (Lipinski definition) is 12. The lowest BCUT2D eigenvalue weighted by atomic mass is 10.0. The lowest BCUT2D eigenvalue weighted by Crippen LogP contribution is -2.52. The maximum atomic E-state index is 14.1. The summed E-state index contributed by atoms with van der Waals surface area (Å²) in [5.74, 6) is -0.184. The van der Waals surface area contributed by atoms with E-state index >= 15 is 0 Å². The van der Waals surface area contributed by atoms with Crippen molar-refractivity contribution in [2.24, 2.45) is 11.7 Å². The van der Waals surface area contributed by atoms with E-state index in [1.807, 2.05) is 56.1 Å². The number of aliphatic hydroxyl groups excluding tert-OH is 1. The quantitative estimate of drug-likeness (QED) is 0.0948. The molecule has 0 saturated carbocycles. The molecule has 4 aliphatic heterocycles. The van der Waals surface area contributed by atoms with Crippen molar-refractivity contribution in [2.75, 3.05) is 37.1 Å². The van der Waals surface area contributed by atoms with Crippen molar-refractivity contribution in [3.05, 3.63) is 99.9 Å². The van der Waals surface area contributed by atoms with Crippen LogP contribution in [0.1, 0.15) is 104 Å². The number of nitrogens with two attached hydrogens (primary N) is 1. The largest absolute Gasteiger partial charge is 0.493 e. The van der Waals surface area contributed by atoms with Crippen molar-refractivity contribution in [2.45, 2.75) is 117 Å². The Morgan fingerprint density at radius 1 is 0.836 bits per heavy atom. The fraction of sp³-hybridized carbons (Fsp3) is 0.460. The van der Waals surface area contributed by atoms with E-state index in [9.17, 15) is 29.1 Å². The molecule has 0 radical (unpaired) electrons. The molecule has 17 nitrogen and oxygen atoms in total. The van der Waals surface area contributed by atoms with Crippen molar-refractivity contribution in [1.29, 1.82) is 0 Å². The number of anilines is 2. The van der Waals surface area contributed by atoms with Gasteiger partial charge in [-0.25, -0.2) is 9.69 Å². The number of nitrogens with zero attached hydrogens (tertiary/aromatic N) is 3. The SMILES string of the molecule is COc1cc2c(cc1OCCCCCOc1cc3c(cc1C)C(=O)N1C=C(C)C[C@H]1CN3)N(C(=O)OCc1ccc(CNC(C)C(=O)N[C@H](C(N)=O)C(C)C)cc1)[C@@H](O)[C@@H]1CC(C)=CN1C2=O. The highest BCUT2D eigenvalue weighted by atomic mass is 16.6. The van der Waals surface area contributed by atoms with Gasteiger partial charge in [0, 0.05) is 37.6 Å². The molecule has 5 amide bonds. The summed E-state index contributed by atoms with van der Waals surface area (Å²) >= 11 is 0. The van der Waals surface area contributed by atoms with Crippen LogP contribution in [-0.2, 0) is 27.5 Å². The summed E-state index contributed by atoms with van der Waals surface area (Å²) in [5, 5.41) is 21.1. The number of carbonyl (C=O) groups is 5. The first-order valence-electron chi connectivity index (χ1n) is 23.0. The number of rotatable bonds is 18. The van der Waals surface area contributed by atoms with Gasteiger partial charge in [0.1, 0.15) is 18.4 Å². The minimum Gasteiger partial charge on any atom is -0.493 e. The van der Waals surface area contributed by atoms with E-state index in [4.69, 9.17) is 24.7 Å². The molecule has 1 unspecified atom stereocenters. The summed E-state index contributed by atoms with van der Waals surface area (Å²) in [4.78, 5) is 70.3. The number of fused-ring (bicyclic) bond motifs is 4. The first-order valence-corrected chi connectivity index (χ1v) is 23.0. The first kappa shape index (κ1) is 48.3. The normalized spacial score (nSPS) is 19.4. The van der Waals surface area contributed by atoms with Crippen LogP contribution in [0.2, 0.25) is 0 Å². The van der Waals surface area contributed by atoms with E-state index in [0.29, 0.717) is 61.8 Å². The summed E-state index contributed by atoms with van der Waals surface area (Å²) in [5.41, 5.74) is 11.6. The third kappa shape index (κ3) is 10.8. The molecule has 0 aromatic heterocycles. The van der Waals surface area contributed by atoms with Crippen LogP contribution in [-0.4, -0.2) is 102 Å². The Bertz CT molecular complexity index is 2440. The number of nitrogens with one attached hydrogen (secondary N) is 3. The van der Waals surface area contributed by atoms with Crippen LogP contribution in [0.25, 0.3) is 0 Å². The van der Waals surface area contributed by atoms with Crippen molar-refractivity contribution in [3.63, 3.8) is 0 Å². The van der Waals surface area contributed by atoms with Crippen LogP contribution in [0.15, 0.2) is 72.1 Å². The minimum atomic E-state index is -1.45. The number of benzene rings is 3. The number of primary amides is 1. The number of amides is 5. The predicted octanol–water partition coefficient (Wildman–Crippen LogP) is 5.87. The second-order valence-corrected chi connectivity index (χ2v) is 18.2. The zero-order valence-corrected chi connectivity index (χ0v) is 39.3. The number of aryl methyl sites for hydroxylation is 1. The molecule has 0 aliphatic carbocycles. The molecule has 5 atom stereocenters. The molecule has 0 fully saturated rings. The molecule has 3 aromatic rings. The Kier molecular flexibility index (Phi) is 15.1. The third-order valence-electron chi connectivity index (χ3n) is 12.6. The lowest BCUT2D eigenvalue weighted by molar-refractivity contribution is -0.129. The van der Waals surface area contributed by atoms with Crippen LogP contribution in [0, 0.1) is 12.8 Å². The number of hydrogen-bond donors (Lipinski definition) is 5. The summed E-state index contributed by atoms with van der Waals surface area (Å²) < 4.78 is 23.9. The van der Waals surface area contributed by atoms with Gasteiger partial charge in [-0.2, -0.15) is 0 Å². The van der Waals surface area contributed by atoms with Crippen molar-refractivity contribution >= 4 is 41.1 Å². The van der Waals surface area contributed by atoms with E-state index in [-0.39, 0.29) is 41.6 Å². The van der Waals surface area contributed by atoms with Gasteiger partial charge < -0.3 is 55.5 Å². The lowest BCUT2D eigenvalue weighted by Gasteiger charge is -2.31. The molecule has 6 N–H and O–H groups in total. The summed E-state index contributed by atoms with van der Waals surface area (Å²) in [6.07, 6.45) is 4.74. The van der Waals surface area contributed by atoms with Gasteiger partial charge in [0.2, 0.25) is 11.8 Å². The fourth-order valence-electron chi connectivity index (χ4n) is 8.84. The maximum Gasteiger partial charge on any atom is 0.416 e. The molecule has 3 aromatic carbocycles. The molecular weight excluding hydrogens is 859 g/mol. The highest BCUT2D eigenvalue weighted by molar-refractivity contribution is 6.06. The zero-order valence-electron chi connectivity index (χ0n) is 39.3. The minimum absolute atomic E-state index is 0.00350. The number of aliphatic hydroxyl groups is 1. The van der Waals surface area contributed by atoms with Crippen molar-refractivity contribution < 1.29 is 48.0 Å². The zero-order chi connectivity index (χ0) is 48.1. The van der Waals surface area contributed by atoms with Crippen molar-refractivity contribution in [1.82, 2.24) is 20.4 Å². The molecular formula is C50H63N7O10. The monoisotopic (exact) mass is 921 g/mol. The molecule has 7 rings (SSSR count). The number of carbonyl (C=O) groups excluding carboxylic acids is 5. The van der Waals surface area contributed by atoms with Gasteiger partial charge in [0.25, 0.3) is 11.8 Å². The van der Waals surface area contributed by atoms with Gasteiger partial charge in [0.05, 0.1) is 61.0 Å². The molecule has 358 valence electrons. The van der Waals surface area contributed by atoms with E-state index < -0.39 is 42.3 Å². The van der Waals surface area contributed by atoms with Crippen LogP contribution in [0.5, 0.6) is 17.2 Å². The van der Waals surface area contributed by atoms with E-state index in [1.54, 1.807) is 45.2 Å². The molecule has 67 heavy (non-hydrogen) atoms. The molecule has 0 bridgehead atoms. The second kappa shape index (κ2) is 20.9. The number of unbranched alkanes of at least 4 members (excludes halogenated alkanes) is 2. The summed E-state index contributed by atoms with van der Waals surface area (Å²) in [7, 11) is 1.47. The van der Waals surface area contributed by atoms with Gasteiger partial charge in [0.15, 0.2) is 17.7 Å². The predicted molar refractivity (Wildman–Crippen MR) is 252 cm³/mol. The maximum absolute atomic E-state index is 14.1. The Morgan fingerprint density at radius 3 is 2.18 bits per heavy atom. The third-order valence-corrected chi connectivity index (χ3v) is 12.6. The first-order chi connectivity index (χ1) is 32.0. The van der Waals surface area contributed by atoms with Gasteiger partial charge in [-0.1, -0.05) is 49.3 Å². The molecule has 4 heterocycles. The average molecular weight is 922 g/mol. The smallest absolute Gasteiger partial charge is 0.416 e. The molecule has 0 saturated heterocycles.